The SMILES string of the molecule is C/C=C1\C(=C(/C)N(c2ccc3c(c2)C(C)(C)c2ccccc2-3)c2ccccc2-c2ccccc2)c2ccccc2C12c1ccccc1-c1ccccc12. The van der Waals surface area contributed by atoms with Crippen LogP contribution in [0.2, 0.25) is 0 Å². The lowest BCUT2D eigenvalue weighted by atomic mass is 9.70. The molecule has 7 aromatic rings. The number of benzene rings is 7. The minimum absolute atomic E-state index is 0.122. The second kappa shape index (κ2) is 11.7. The fourth-order valence-electron chi connectivity index (χ4n) is 10.1. The third-order valence-electron chi connectivity index (χ3n) is 12.3. The summed E-state index contributed by atoms with van der Waals surface area (Å²) in [5, 5.41) is 0. The van der Waals surface area contributed by atoms with Crippen LogP contribution in [0.25, 0.3) is 39.0 Å². The lowest BCUT2D eigenvalue weighted by Gasteiger charge is -2.33. The largest absolute Gasteiger partial charge is 0.313 e. The molecule has 53 heavy (non-hydrogen) atoms. The van der Waals surface area contributed by atoms with E-state index in [0.717, 1.165) is 5.69 Å². The Kier molecular flexibility index (Phi) is 6.94. The summed E-state index contributed by atoms with van der Waals surface area (Å²) in [6.45, 7) is 9.32. The van der Waals surface area contributed by atoms with E-state index >= 15 is 0 Å². The summed E-state index contributed by atoms with van der Waals surface area (Å²) in [4.78, 5) is 2.54. The predicted molar refractivity (Wildman–Crippen MR) is 223 cm³/mol. The van der Waals surface area contributed by atoms with Crippen LogP contribution < -0.4 is 4.90 Å². The Hall–Kier alpha value is -6.18. The van der Waals surface area contributed by atoms with E-state index in [-0.39, 0.29) is 5.41 Å². The van der Waals surface area contributed by atoms with E-state index in [1.54, 1.807) is 0 Å². The van der Waals surface area contributed by atoms with Gasteiger partial charge in [-0.15, -0.1) is 0 Å². The molecule has 1 spiro atoms. The van der Waals surface area contributed by atoms with E-state index in [0.29, 0.717) is 0 Å². The smallest absolute Gasteiger partial charge is 0.0723 e. The Morgan fingerprint density at radius 3 is 1.57 bits per heavy atom. The molecule has 3 aliphatic rings. The number of allylic oxidation sites excluding steroid dienone is 4. The van der Waals surface area contributed by atoms with Crippen molar-refractivity contribution in [3.8, 4) is 33.4 Å². The van der Waals surface area contributed by atoms with Crippen molar-refractivity contribution in [3.63, 3.8) is 0 Å². The topological polar surface area (TPSA) is 3.24 Å². The van der Waals surface area contributed by atoms with E-state index in [1.807, 2.05) is 0 Å². The van der Waals surface area contributed by atoms with Gasteiger partial charge in [-0.1, -0.05) is 172 Å². The van der Waals surface area contributed by atoms with E-state index in [1.165, 1.54) is 89.3 Å². The van der Waals surface area contributed by atoms with Crippen molar-refractivity contribution in [2.45, 2.75) is 38.5 Å². The summed E-state index contributed by atoms with van der Waals surface area (Å²) in [5.41, 5.74) is 21.5. The third kappa shape index (κ3) is 4.25. The standard InChI is InChI=1S/C52H41N/c1-5-43-50(42-25-12-17-29-47(42)52(43)45-27-15-10-23-39(45)40-24-11-16-28-46(40)52)34(2)53(49-30-18-13-21-37(49)35-19-7-6-8-20-35)36-31-32-41-38-22-9-14-26-44(38)51(3,4)48(41)33-36/h5-33H,1-4H3/b43-5+,50-34+. The molecular formula is C52H41N. The maximum absolute atomic E-state index is 2.54. The minimum Gasteiger partial charge on any atom is -0.313 e. The van der Waals surface area contributed by atoms with Gasteiger partial charge in [0.15, 0.2) is 0 Å². The van der Waals surface area contributed by atoms with E-state index in [9.17, 15) is 0 Å². The molecule has 0 unspecified atom stereocenters. The van der Waals surface area contributed by atoms with Crippen molar-refractivity contribution in [3.05, 3.63) is 221 Å². The molecule has 0 atom stereocenters. The average Bonchev–Trinajstić information content (AvgIpc) is 3.77. The Labute approximate surface area is 313 Å². The Morgan fingerprint density at radius 2 is 0.943 bits per heavy atom. The molecule has 0 saturated heterocycles. The Balaban J connectivity index is 1.28. The van der Waals surface area contributed by atoms with Gasteiger partial charge in [0.2, 0.25) is 0 Å². The summed E-state index contributed by atoms with van der Waals surface area (Å²) in [6.07, 6.45) is 2.39. The number of hydrogen-bond acceptors (Lipinski definition) is 1. The molecule has 0 N–H and O–H groups in total. The summed E-state index contributed by atoms with van der Waals surface area (Å²) in [7, 11) is 0. The lowest BCUT2D eigenvalue weighted by molar-refractivity contribution is 0.660. The van der Waals surface area contributed by atoms with Crippen LogP contribution in [0.5, 0.6) is 0 Å². The highest BCUT2D eigenvalue weighted by Crippen LogP contribution is 2.64. The molecular weight excluding hydrogens is 639 g/mol. The molecule has 1 heteroatoms. The summed E-state index contributed by atoms with van der Waals surface area (Å²) >= 11 is 0. The number of nitrogens with zero attached hydrogens (tertiary/aromatic N) is 1. The first kappa shape index (κ1) is 31.5. The summed E-state index contributed by atoms with van der Waals surface area (Å²) in [5.74, 6) is 0. The molecule has 254 valence electrons. The first-order valence-corrected chi connectivity index (χ1v) is 18.8. The number of rotatable bonds is 4. The van der Waals surface area contributed by atoms with Crippen LogP contribution in [0.4, 0.5) is 11.4 Å². The highest BCUT2D eigenvalue weighted by atomic mass is 15.2. The van der Waals surface area contributed by atoms with Crippen LogP contribution in [-0.2, 0) is 10.8 Å². The van der Waals surface area contributed by atoms with Gasteiger partial charge in [0, 0.05) is 27.9 Å². The van der Waals surface area contributed by atoms with Crippen LogP contribution in [0, 0.1) is 0 Å². The van der Waals surface area contributed by atoms with Crippen LogP contribution in [-0.4, -0.2) is 0 Å². The van der Waals surface area contributed by atoms with Crippen LogP contribution in [0.15, 0.2) is 187 Å². The Morgan fingerprint density at radius 1 is 0.472 bits per heavy atom. The van der Waals surface area contributed by atoms with Crippen molar-refractivity contribution in [2.75, 3.05) is 4.90 Å². The fraction of sp³-hybridized carbons (Fsp3) is 0.115. The monoisotopic (exact) mass is 679 g/mol. The van der Waals surface area contributed by atoms with Gasteiger partial charge in [-0.3, -0.25) is 0 Å². The van der Waals surface area contributed by atoms with Gasteiger partial charge in [-0.2, -0.15) is 0 Å². The number of para-hydroxylation sites is 1. The summed E-state index contributed by atoms with van der Waals surface area (Å²) < 4.78 is 0. The van der Waals surface area contributed by atoms with Crippen molar-refractivity contribution < 1.29 is 0 Å². The van der Waals surface area contributed by atoms with Gasteiger partial charge in [0.25, 0.3) is 0 Å². The maximum Gasteiger partial charge on any atom is 0.0723 e. The maximum atomic E-state index is 2.54. The third-order valence-corrected chi connectivity index (χ3v) is 12.3. The van der Waals surface area contributed by atoms with Gasteiger partial charge in [0.1, 0.15) is 0 Å². The van der Waals surface area contributed by atoms with Crippen LogP contribution in [0.3, 0.4) is 0 Å². The lowest BCUT2D eigenvalue weighted by Crippen LogP contribution is -2.26. The molecule has 0 fully saturated rings. The molecule has 0 saturated carbocycles. The first-order chi connectivity index (χ1) is 26.0. The molecule has 1 nitrogen and oxygen atoms in total. The van der Waals surface area contributed by atoms with Gasteiger partial charge >= 0.3 is 0 Å². The molecule has 10 rings (SSSR count). The van der Waals surface area contributed by atoms with Gasteiger partial charge in [0.05, 0.1) is 11.1 Å². The zero-order valence-corrected chi connectivity index (χ0v) is 30.7. The van der Waals surface area contributed by atoms with Crippen LogP contribution in [0.1, 0.15) is 61.1 Å². The second-order valence-corrected chi connectivity index (χ2v) is 15.2. The van der Waals surface area contributed by atoms with Gasteiger partial charge in [-0.05, 0) is 98.8 Å². The molecule has 0 amide bonds. The molecule has 0 aliphatic heterocycles. The number of anilines is 2. The van der Waals surface area contributed by atoms with E-state index in [4.69, 9.17) is 0 Å². The zero-order chi connectivity index (χ0) is 35.9. The minimum atomic E-state index is -0.415. The van der Waals surface area contributed by atoms with Gasteiger partial charge < -0.3 is 4.90 Å². The predicted octanol–water partition coefficient (Wildman–Crippen LogP) is 13.5. The first-order valence-electron chi connectivity index (χ1n) is 18.8. The molecule has 3 aliphatic carbocycles. The number of hydrogen-bond donors (Lipinski definition) is 0. The molecule has 0 radical (unpaired) electrons. The fourth-order valence-corrected chi connectivity index (χ4v) is 10.1. The average molecular weight is 680 g/mol. The Bertz CT molecular complexity index is 2620. The van der Waals surface area contributed by atoms with Crippen molar-refractivity contribution in [2.24, 2.45) is 0 Å². The van der Waals surface area contributed by atoms with Crippen LogP contribution >= 0.6 is 0 Å². The van der Waals surface area contributed by atoms with Crippen molar-refractivity contribution in [1.29, 1.82) is 0 Å². The molecule has 0 heterocycles. The molecule has 7 aromatic carbocycles. The van der Waals surface area contributed by atoms with Gasteiger partial charge in [-0.25, -0.2) is 0 Å². The van der Waals surface area contributed by atoms with Crippen molar-refractivity contribution in [1.82, 2.24) is 0 Å². The highest BCUT2D eigenvalue weighted by molar-refractivity contribution is 6.02. The van der Waals surface area contributed by atoms with E-state index < -0.39 is 5.41 Å². The van der Waals surface area contributed by atoms with E-state index in [2.05, 4.69) is 209 Å². The highest BCUT2D eigenvalue weighted by Gasteiger charge is 2.53. The zero-order valence-electron chi connectivity index (χ0n) is 30.7. The quantitative estimate of drug-likeness (QED) is 0.179. The normalized spacial score (nSPS) is 16.9. The molecule has 0 aromatic heterocycles. The summed E-state index contributed by atoms with van der Waals surface area (Å²) in [6, 6.07) is 63.1. The number of fused-ring (bicyclic) bond motifs is 10. The van der Waals surface area contributed by atoms with Crippen molar-refractivity contribution >= 4 is 16.9 Å². The molecule has 0 bridgehead atoms. The second-order valence-electron chi connectivity index (χ2n) is 15.2.